The van der Waals surface area contributed by atoms with E-state index in [9.17, 15) is 18.3 Å². The van der Waals surface area contributed by atoms with Gasteiger partial charge in [0.05, 0.1) is 85.6 Å². The topological polar surface area (TPSA) is 309 Å². The molecule has 638 valence electrons. The van der Waals surface area contributed by atoms with E-state index in [-0.39, 0.29) is 16.9 Å². The van der Waals surface area contributed by atoms with Gasteiger partial charge in [-0.2, -0.15) is 25.5 Å². The number of aromatic nitrogens is 20. The van der Waals surface area contributed by atoms with Crippen LogP contribution in [0.3, 0.4) is 0 Å². The van der Waals surface area contributed by atoms with E-state index in [2.05, 4.69) is 183 Å². The SMILES string of the molecule is CC1(C)CCN(c2cnc3c(-c4ccc(Cl)c(Cl)c4)[nH]nc3n2)CC1.CC1(C)CCN(c2cnc3c(-c4ccc(Cl)cc4F)[nH]nc3n2)CC1.CC1(C)CCN(c2cnc3c(-c4cccc(Cl)c4F)[nH]nc3n2)CC1.CC1(C)CCN(c2cnc3c(-c4ccccc4F)[nH]nc3n2)CC1.C[C@@H]1CCN(c2cnc3c(-c4ccccc4Cl)[nH]nc3n2)C[C@H]1O. The molecule has 123 heavy (non-hydrogen) atoms. The van der Waals surface area contributed by atoms with Crippen molar-refractivity contribution in [2.24, 2.45) is 27.6 Å². The third-order valence-electron chi connectivity index (χ3n) is 24.2. The van der Waals surface area contributed by atoms with Crippen LogP contribution >= 0.6 is 58.0 Å². The van der Waals surface area contributed by atoms with Gasteiger partial charge in [0, 0.05) is 98.3 Å². The summed E-state index contributed by atoms with van der Waals surface area (Å²) in [5.74, 6) is 3.21. The van der Waals surface area contributed by atoms with Crippen LogP contribution in [0.1, 0.15) is 120 Å². The van der Waals surface area contributed by atoms with E-state index < -0.39 is 11.6 Å². The number of piperidine rings is 5. The number of aromatic amines is 5. The maximum absolute atomic E-state index is 14.3. The van der Waals surface area contributed by atoms with Crippen molar-refractivity contribution in [3.8, 4) is 56.3 Å². The second-order valence-corrected chi connectivity index (χ2v) is 37.3. The molecule has 26 nitrogen and oxygen atoms in total. The van der Waals surface area contributed by atoms with Crippen LogP contribution in [0, 0.1) is 45.0 Å². The summed E-state index contributed by atoms with van der Waals surface area (Å²) in [6.07, 6.45) is 18.5. The van der Waals surface area contributed by atoms with E-state index in [0.29, 0.717) is 138 Å². The second-order valence-electron chi connectivity index (χ2n) is 35.2. The minimum atomic E-state index is -0.487. The summed E-state index contributed by atoms with van der Waals surface area (Å²) in [7, 11) is 0. The van der Waals surface area contributed by atoms with Gasteiger partial charge in [-0.1, -0.05) is 163 Å². The van der Waals surface area contributed by atoms with Crippen molar-refractivity contribution in [3.05, 3.63) is 177 Å². The summed E-state index contributed by atoms with van der Waals surface area (Å²) in [6.45, 7) is 29.6. The lowest BCUT2D eigenvalue weighted by Gasteiger charge is -2.37. The Hall–Kier alpha value is -11.0. The van der Waals surface area contributed by atoms with Gasteiger partial charge in [-0.05, 0) is 146 Å². The van der Waals surface area contributed by atoms with E-state index in [1.165, 1.54) is 18.2 Å². The highest BCUT2D eigenvalue weighted by Gasteiger charge is 2.33. The minimum absolute atomic E-state index is 0.0701. The molecular formula is C89H95Cl5F3N25O. The summed E-state index contributed by atoms with van der Waals surface area (Å²) in [5, 5.41) is 48.0. The molecule has 15 aromatic rings. The molecule has 5 saturated heterocycles. The van der Waals surface area contributed by atoms with Gasteiger partial charge in [0.1, 0.15) is 68.3 Å². The first kappa shape index (κ1) is 85.6. The van der Waals surface area contributed by atoms with Crippen LogP contribution in [0.15, 0.2) is 134 Å². The molecule has 15 heterocycles. The van der Waals surface area contributed by atoms with Gasteiger partial charge in [-0.3, -0.25) is 25.5 Å². The maximum Gasteiger partial charge on any atom is 0.202 e. The van der Waals surface area contributed by atoms with Crippen LogP contribution in [-0.4, -0.2) is 177 Å². The fraction of sp³-hybridized carbons (Fsp3) is 0.382. The molecule has 0 aliphatic carbocycles. The quantitative estimate of drug-likeness (QED) is 0.0741. The van der Waals surface area contributed by atoms with Crippen molar-refractivity contribution < 1.29 is 18.3 Å². The minimum Gasteiger partial charge on any atom is -0.391 e. The zero-order valence-electron chi connectivity index (χ0n) is 69.7. The molecule has 2 atom stereocenters. The number of hydrogen-bond donors (Lipinski definition) is 6. The molecule has 5 fully saturated rings. The molecule has 0 radical (unpaired) electrons. The fourth-order valence-corrected chi connectivity index (χ4v) is 16.5. The van der Waals surface area contributed by atoms with Crippen molar-refractivity contribution in [2.45, 2.75) is 126 Å². The van der Waals surface area contributed by atoms with E-state index in [4.69, 9.17) is 63.0 Å². The molecule has 5 aliphatic heterocycles. The van der Waals surface area contributed by atoms with Gasteiger partial charge < -0.3 is 29.6 Å². The van der Waals surface area contributed by atoms with Crippen molar-refractivity contribution in [1.82, 2.24) is 101 Å². The predicted molar refractivity (Wildman–Crippen MR) is 483 cm³/mol. The molecule has 0 unspecified atom stereocenters. The third kappa shape index (κ3) is 19.2. The van der Waals surface area contributed by atoms with E-state index in [1.807, 2.05) is 36.5 Å². The number of β-amino-alcohol motifs (C(OH)–C–C–N with tert-alkyl or cyclic N) is 1. The first-order valence-electron chi connectivity index (χ1n) is 41.3. The molecule has 0 amide bonds. The highest BCUT2D eigenvalue weighted by atomic mass is 35.5. The largest absolute Gasteiger partial charge is 0.391 e. The van der Waals surface area contributed by atoms with Gasteiger partial charge in [-0.25, -0.2) is 63.0 Å². The number of H-pyrrole nitrogens is 5. The zero-order valence-corrected chi connectivity index (χ0v) is 73.5. The second kappa shape index (κ2) is 35.7. The highest BCUT2D eigenvalue weighted by Crippen LogP contribution is 2.41. The van der Waals surface area contributed by atoms with Gasteiger partial charge in [0.2, 0.25) is 28.2 Å². The first-order valence-corrected chi connectivity index (χ1v) is 43.2. The number of nitrogens with one attached hydrogen (secondary N) is 5. The van der Waals surface area contributed by atoms with Crippen molar-refractivity contribution in [2.75, 3.05) is 89.9 Å². The van der Waals surface area contributed by atoms with E-state index in [0.717, 1.165) is 174 Å². The Balaban J connectivity index is 0.000000114. The fourth-order valence-electron chi connectivity index (χ4n) is 15.6. The molecular weight excluding hydrogens is 1670 g/mol. The molecule has 10 aromatic heterocycles. The molecule has 20 rings (SSSR count). The normalized spacial score (nSPS) is 18.0. The smallest absolute Gasteiger partial charge is 0.202 e. The standard InChI is InChI=1S/C18H19Cl2N5.2C18H19ClFN5.C18H20FN5.C17H18ClN5O/c1-18(2)5-7-25(8-6-18)14-10-21-16-15(23-24-17(16)22-14)11-3-4-12(19)13(20)9-11;1-18(2)5-7-25(8-6-18)14-10-21-16-15(23-24-17(16)22-14)12-4-3-11(19)9-13(12)20;1-18(2)6-8-25(9-7-18)13-10-21-16-15(23-24-17(16)22-13)11-4-3-5-12(19)14(11)20;1-18(2)7-9-24(10-8-18)14-11-20-16-15(22-23-17(16)21-14)12-5-3-4-6-13(12)19;1-10-6-7-23(9-13(10)24)14-8-19-16-15(21-22-17(16)20-14)11-4-2-3-5-12(11)18/h2*3-4,9-10H,5-8H2,1-2H3,(H,22,23,24);3-5,10H,6-9H2,1-2H3,(H,22,23,24);3-6,11H,7-10H2,1-2H3,(H,21,22,23);2-5,8,10,13,24H,6-7,9H2,1H3,(H,20,21,22)/t;;;;10-,13-/m....1/s1. The number of fused-ring (bicyclic) bond motifs is 5. The Bertz CT molecular complexity index is 6290. The van der Waals surface area contributed by atoms with Crippen LogP contribution in [0.4, 0.5) is 42.3 Å². The van der Waals surface area contributed by atoms with Crippen LogP contribution in [0.25, 0.3) is 112 Å². The Labute approximate surface area is 734 Å². The number of anilines is 5. The lowest BCUT2D eigenvalue weighted by Crippen LogP contribution is -2.43. The van der Waals surface area contributed by atoms with Crippen molar-refractivity contribution in [3.63, 3.8) is 0 Å². The molecule has 0 bridgehead atoms. The van der Waals surface area contributed by atoms with Gasteiger partial charge in [-0.15, -0.1) is 0 Å². The molecule has 5 aromatic carbocycles. The summed E-state index contributed by atoms with van der Waals surface area (Å²) < 4.78 is 42.5. The Kier molecular flexibility index (Phi) is 24.9. The average Bonchev–Trinajstić information content (AvgIpc) is 1.67. The molecule has 0 saturated carbocycles. The van der Waals surface area contributed by atoms with Crippen molar-refractivity contribution >= 4 is 143 Å². The Morgan fingerprint density at radius 3 is 1.10 bits per heavy atom. The summed E-state index contributed by atoms with van der Waals surface area (Å²) in [6, 6.07) is 29.0. The van der Waals surface area contributed by atoms with Crippen LogP contribution < -0.4 is 24.5 Å². The summed E-state index contributed by atoms with van der Waals surface area (Å²) in [4.78, 5) is 56.8. The zero-order chi connectivity index (χ0) is 86.2. The molecule has 34 heteroatoms. The molecule has 6 N–H and O–H groups in total. The van der Waals surface area contributed by atoms with E-state index >= 15 is 0 Å². The summed E-state index contributed by atoms with van der Waals surface area (Å²) >= 11 is 30.1. The van der Waals surface area contributed by atoms with E-state index in [1.54, 1.807) is 79.4 Å². The van der Waals surface area contributed by atoms with Crippen LogP contribution in [-0.2, 0) is 0 Å². The predicted octanol–water partition coefficient (Wildman–Crippen LogP) is 20.5. The Morgan fingerprint density at radius 2 is 0.699 bits per heavy atom. The third-order valence-corrected chi connectivity index (χ3v) is 25.8. The number of nitrogens with zero attached hydrogens (tertiary/aromatic N) is 20. The number of halogens is 8. The van der Waals surface area contributed by atoms with Crippen LogP contribution in [0.5, 0.6) is 0 Å². The summed E-state index contributed by atoms with van der Waals surface area (Å²) in [5.41, 5.74) is 13.4. The molecule has 0 spiro atoms. The Morgan fingerprint density at radius 1 is 0.350 bits per heavy atom. The van der Waals surface area contributed by atoms with Gasteiger partial charge in [0.15, 0.2) is 5.82 Å². The highest BCUT2D eigenvalue weighted by molar-refractivity contribution is 6.42. The van der Waals surface area contributed by atoms with Gasteiger partial charge in [0.25, 0.3) is 0 Å². The number of aliphatic hydroxyl groups is 1. The van der Waals surface area contributed by atoms with Crippen LogP contribution in [0.2, 0.25) is 25.1 Å². The lowest BCUT2D eigenvalue weighted by molar-refractivity contribution is 0.102. The average molecular weight is 1770 g/mol. The van der Waals surface area contributed by atoms with Crippen molar-refractivity contribution in [1.29, 1.82) is 0 Å². The maximum atomic E-state index is 14.3. The number of aliphatic hydroxyl groups excluding tert-OH is 1. The first-order chi connectivity index (χ1) is 59.0. The number of rotatable bonds is 10. The number of hydrogen-bond acceptors (Lipinski definition) is 21. The lowest BCUT2D eigenvalue weighted by atomic mass is 9.83. The monoisotopic (exact) mass is 1760 g/mol. The van der Waals surface area contributed by atoms with Gasteiger partial charge >= 0.3 is 0 Å². The number of benzene rings is 5. The molecule has 5 aliphatic rings.